The maximum atomic E-state index is 12.4. The number of carbonyl (C=O) groups excluding carboxylic acids is 1. The second kappa shape index (κ2) is 8.09. The molecular formula is C22H25NO3. The Balaban J connectivity index is 1.49. The van der Waals surface area contributed by atoms with E-state index in [9.17, 15) is 9.90 Å². The van der Waals surface area contributed by atoms with Gasteiger partial charge in [-0.3, -0.25) is 4.79 Å². The average Bonchev–Trinajstić information content (AvgIpc) is 2.62. The summed E-state index contributed by atoms with van der Waals surface area (Å²) in [7, 11) is 0. The number of benzene rings is 2. The van der Waals surface area contributed by atoms with E-state index < -0.39 is 0 Å². The van der Waals surface area contributed by atoms with Gasteiger partial charge in [0.2, 0.25) is 5.91 Å². The van der Waals surface area contributed by atoms with Crippen LogP contribution in [-0.2, 0) is 4.79 Å². The Labute approximate surface area is 154 Å². The molecule has 0 spiro atoms. The van der Waals surface area contributed by atoms with Crippen molar-refractivity contribution in [2.45, 2.75) is 26.7 Å². The van der Waals surface area contributed by atoms with E-state index in [0.29, 0.717) is 19.6 Å². The number of hydrogen-bond acceptors (Lipinski definition) is 3. The summed E-state index contributed by atoms with van der Waals surface area (Å²) in [5.74, 6) is 1.21. The molecule has 0 saturated heterocycles. The number of nitrogens with zero attached hydrogens (tertiary/aromatic N) is 1. The molecule has 3 rings (SSSR count). The number of amides is 1. The summed E-state index contributed by atoms with van der Waals surface area (Å²) in [6.07, 6.45) is 3.31. The van der Waals surface area contributed by atoms with Crippen molar-refractivity contribution in [1.29, 1.82) is 0 Å². The first-order chi connectivity index (χ1) is 12.5. The molecule has 4 nitrogen and oxygen atoms in total. The van der Waals surface area contributed by atoms with Crippen LogP contribution in [0.3, 0.4) is 0 Å². The van der Waals surface area contributed by atoms with Gasteiger partial charge in [0.15, 0.2) is 0 Å². The van der Waals surface area contributed by atoms with Crippen LogP contribution in [0.1, 0.15) is 29.5 Å². The number of aromatic hydroxyl groups is 1. The third-order valence-electron chi connectivity index (χ3n) is 4.58. The highest BCUT2D eigenvalue weighted by molar-refractivity contribution is 5.78. The number of ether oxygens (including phenoxy) is 1. The maximum Gasteiger partial charge on any atom is 0.226 e. The molecule has 0 radical (unpaired) electrons. The zero-order valence-corrected chi connectivity index (χ0v) is 15.4. The fraction of sp³-hybridized carbons (Fsp3) is 0.318. The number of phenolic OH excluding ortho intramolecular Hbond substituents is 1. The van der Waals surface area contributed by atoms with Crippen LogP contribution in [0.4, 0.5) is 0 Å². The lowest BCUT2D eigenvalue weighted by Gasteiger charge is -2.26. The molecule has 4 heteroatoms. The molecule has 1 heterocycles. The zero-order valence-electron chi connectivity index (χ0n) is 15.4. The Morgan fingerprint density at radius 2 is 1.81 bits per heavy atom. The SMILES string of the molecule is Cc1cc(C)cc(OCCC(=O)N2CC=C(c3ccc(O)cc3)CC2)c1. The average molecular weight is 351 g/mol. The van der Waals surface area contributed by atoms with Crippen molar-refractivity contribution < 1.29 is 14.6 Å². The van der Waals surface area contributed by atoms with Gasteiger partial charge in [-0.15, -0.1) is 0 Å². The topological polar surface area (TPSA) is 49.8 Å². The number of phenols is 1. The van der Waals surface area contributed by atoms with E-state index in [0.717, 1.165) is 35.4 Å². The van der Waals surface area contributed by atoms with Gasteiger partial charge in [0, 0.05) is 13.1 Å². The van der Waals surface area contributed by atoms with Gasteiger partial charge in [-0.25, -0.2) is 0 Å². The molecule has 0 fully saturated rings. The molecule has 0 aromatic heterocycles. The van der Waals surface area contributed by atoms with Gasteiger partial charge in [-0.2, -0.15) is 0 Å². The Bertz CT molecular complexity index is 788. The summed E-state index contributed by atoms with van der Waals surface area (Å²) >= 11 is 0. The van der Waals surface area contributed by atoms with E-state index in [1.165, 1.54) is 5.57 Å². The summed E-state index contributed by atoms with van der Waals surface area (Å²) in [5, 5.41) is 9.38. The van der Waals surface area contributed by atoms with Crippen LogP contribution in [0.15, 0.2) is 48.5 Å². The lowest BCUT2D eigenvalue weighted by Crippen LogP contribution is -2.35. The van der Waals surface area contributed by atoms with Crippen molar-refractivity contribution in [3.63, 3.8) is 0 Å². The highest BCUT2D eigenvalue weighted by atomic mass is 16.5. The molecular weight excluding hydrogens is 326 g/mol. The fourth-order valence-electron chi connectivity index (χ4n) is 3.26. The maximum absolute atomic E-state index is 12.4. The van der Waals surface area contributed by atoms with E-state index in [1.54, 1.807) is 12.1 Å². The molecule has 136 valence electrons. The van der Waals surface area contributed by atoms with Crippen molar-refractivity contribution in [3.8, 4) is 11.5 Å². The Hall–Kier alpha value is -2.75. The smallest absolute Gasteiger partial charge is 0.226 e. The molecule has 1 N–H and O–H groups in total. The second-order valence-corrected chi connectivity index (χ2v) is 6.79. The number of rotatable bonds is 5. The van der Waals surface area contributed by atoms with Crippen molar-refractivity contribution in [1.82, 2.24) is 4.90 Å². The molecule has 0 atom stereocenters. The van der Waals surface area contributed by atoms with Crippen LogP contribution < -0.4 is 4.74 Å². The molecule has 2 aromatic carbocycles. The molecule has 1 aliphatic heterocycles. The number of aryl methyl sites for hydroxylation is 2. The first kappa shape index (κ1) is 18.1. The molecule has 0 unspecified atom stereocenters. The second-order valence-electron chi connectivity index (χ2n) is 6.79. The largest absolute Gasteiger partial charge is 0.508 e. The van der Waals surface area contributed by atoms with Crippen molar-refractivity contribution in [2.24, 2.45) is 0 Å². The third-order valence-corrected chi connectivity index (χ3v) is 4.58. The van der Waals surface area contributed by atoms with E-state index in [1.807, 2.05) is 43.0 Å². The predicted molar refractivity (Wildman–Crippen MR) is 103 cm³/mol. The minimum absolute atomic E-state index is 0.121. The van der Waals surface area contributed by atoms with Crippen LogP contribution >= 0.6 is 0 Å². The highest BCUT2D eigenvalue weighted by Crippen LogP contribution is 2.24. The van der Waals surface area contributed by atoms with Crippen molar-refractivity contribution >= 4 is 11.5 Å². The van der Waals surface area contributed by atoms with Crippen molar-refractivity contribution in [2.75, 3.05) is 19.7 Å². The summed E-state index contributed by atoms with van der Waals surface area (Å²) < 4.78 is 5.74. The Morgan fingerprint density at radius 1 is 1.12 bits per heavy atom. The van der Waals surface area contributed by atoms with Crippen LogP contribution in [-0.4, -0.2) is 35.6 Å². The van der Waals surface area contributed by atoms with E-state index in [2.05, 4.69) is 12.1 Å². The highest BCUT2D eigenvalue weighted by Gasteiger charge is 2.17. The van der Waals surface area contributed by atoms with Crippen LogP contribution in [0.2, 0.25) is 0 Å². The van der Waals surface area contributed by atoms with Gasteiger partial charge in [0.1, 0.15) is 11.5 Å². The van der Waals surface area contributed by atoms with Crippen LogP contribution in [0, 0.1) is 13.8 Å². The minimum Gasteiger partial charge on any atom is -0.508 e. The van der Waals surface area contributed by atoms with E-state index in [4.69, 9.17) is 4.74 Å². The lowest BCUT2D eigenvalue weighted by atomic mass is 9.99. The Kier molecular flexibility index (Phi) is 5.61. The van der Waals surface area contributed by atoms with Gasteiger partial charge in [0.05, 0.1) is 13.0 Å². The molecule has 0 bridgehead atoms. The summed E-state index contributed by atoms with van der Waals surface area (Å²) in [6, 6.07) is 13.3. The van der Waals surface area contributed by atoms with Gasteiger partial charge in [0.25, 0.3) is 0 Å². The first-order valence-corrected chi connectivity index (χ1v) is 8.98. The van der Waals surface area contributed by atoms with Crippen LogP contribution in [0.5, 0.6) is 11.5 Å². The molecule has 2 aromatic rings. The monoisotopic (exact) mass is 351 g/mol. The number of carbonyl (C=O) groups is 1. The summed E-state index contributed by atoms with van der Waals surface area (Å²) in [5.41, 5.74) is 4.65. The van der Waals surface area contributed by atoms with Gasteiger partial charge >= 0.3 is 0 Å². The Morgan fingerprint density at radius 3 is 2.42 bits per heavy atom. The third kappa shape index (κ3) is 4.66. The molecule has 0 saturated carbocycles. The van der Waals surface area contributed by atoms with E-state index >= 15 is 0 Å². The van der Waals surface area contributed by atoms with E-state index in [-0.39, 0.29) is 11.7 Å². The predicted octanol–water partition coefficient (Wildman–Crippen LogP) is 4.09. The molecule has 1 aliphatic rings. The van der Waals surface area contributed by atoms with Gasteiger partial charge < -0.3 is 14.7 Å². The molecule has 26 heavy (non-hydrogen) atoms. The lowest BCUT2D eigenvalue weighted by molar-refractivity contribution is -0.131. The summed E-state index contributed by atoms with van der Waals surface area (Å²) in [6.45, 7) is 5.81. The zero-order chi connectivity index (χ0) is 18.5. The summed E-state index contributed by atoms with van der Waals surface area (Å²) in [4.78, 5) is 14.3. The van der Waals surface area contributed by atoms with Gasteiger partial charge in [-0.1, -0.05) is 24.3 Å². The minimum atomic E-state index is 0.121. The quantitative estimate of drug-likeness (QED) is 0.882. The fourth-order valence-corrected chi connectivity index (χ4v) is 3.26. The van der Waals surface area contributed by atoms with Gasteiger partial charge in [-0.05, 0) is 66.8 Å². The normalized spacial score (nSPS) is 14.1. The van der Waals surface area contributed by atoms with Crippen LogP contribution in [0.25, 0.3) is 5.57 Å². The first-order valence-electron chi connectivity index (χ1n) is 8.98. The molecule has 1 amide bonds. The standard InChI is InChI=1S/C22H25NO3/c1-16-13-17(2)15-21(14-16)26-12-9-22(25)23-10-7-19(8-11-23)18-3-5-20(24)6-4-18/h3-7,13-15,24H,8-12H2,1-2H3. The number of hydrogen-bond donors (Lipinski definition) is 1. The van der Waals surface area contributed by atoms with Crippen molar-refractivity contribution in [3.05, 3.63) is 65.2 Å². The molecule has 0 aliphatic carbocycles.